The van der Waals surface area contributed by atoms with Crippen LogP contribution in [-0.4, -0.2) is 29.4 Å². The molecule has 0 amide bonds. The van der Waals surface area contributed by atoms with Gasteiger partial charge in [-0.3, -0.25) is 0 Å². The minimum absolute atomic E-state index is 0.196. The Hall–Kier alpha value is -0.790. The molecule has 2 N–H and O–H groups in total. The zero-order valence-electron chi connectivity index (χ0n) is 11.0. The molecular formula is C13H14BrClN2O3S. The van der Waals surface area contributed by atoms with Crippen LogP contribution >= 0.6 is 27.5 Å². The molecule has 1 saturated heterocycles. The highest BCUT2D eigenvalue weighted by Gasteiger charge is 2.36. The van der Waals surface area contributed by atoms with E-state index in [4.69, 9.17) is 11.6 Å². The van der Waals surface area contributed by atoms with Crippen LogP contribution in [0.4, 0.5) is 0 Å². The van der Waals surface area contributed by atoms with E-state index in [1.807, 2.05) is 0 Å². The van der Waals surface area contributed by atoms with Crippen molar-refractivity contribution in [2.75, 3.05) is 5.75 Å². The number of imidazole rings is 1. The van der Waals surface area contributed by atoms with Crippen molar-refractivity contribution in [3.63, 3.8) is 0 Å². The van der Waals surface area contributed by atoms with Crippen molar-refractivity contribution in [1.29, 1.82) is 0 Å². The van der Waals surface area contributed by atoms with Gasteiger partial charge in [-0.05, 0) is 30.5 Å². The van der Waals surface area contributed by atoms with Crippen LogP contribution in [0.5, 0.6) is 0 Å². The third-order valence-corrected chi connectivity index (χ3v) is 7.55. The maximum absolute atomic E-state index is 12.2. The zero-order chi connectivity index (χ0) is 15.2. The molecule has 2 atom stereocenters. The highest BCUT2D eigenvalue weighted by atomic mass is 79.9. The van der Waals surface area contributed by atoms with E-state index in [2.05, 4.69) is 25.9 Å². The maximum Gasteiger partial charge on any atom is 0.323 e. The minimum atomic E-state index is -3.17. The van der Waals surface area contributed by atoms with Crippen molar-refractivity contribution in [3.8, 4) is 0 Å². The first-order valence-corrected chi connectivity index (χ1v) is 9.60. The lowest BCUT2D eigenvalue weighted by Gasteiger charge is -2.27. The minimum Gasteiger partial charge on any atom is -0.306 e. The number of halogens is 2. The Balaban J connectivity index is 2.06. The quantitative estimate of drug-likeness (QED) is 0.770. The Morgan fingerprint density at radius 1 is 1.24 bits per heavy atom. The van der Waals surface area contributed by atoms with E-state index in [1.165, 1.54) is 0 Å². The van der Waals surface area contributed by atoms with Crippen LogP contribution in [-0.2, 0) is 9.84 Å². The number of aromatic amines is 2. The van der Waals surface area contributed by atoms with E-state index in [-0.39, 0.29) is 11.4 Å². The van der Waals surface area contributed by atoms with E-state index in [9.17, 15) is 13.2 Å². The number of sulfone groups is 1. The summed E-state index contributed by atoms with van der Waals surface area (Å²) in [5, 5.41) is -1.21. The summed E-state index contributed by atoms with van der Waals surface area (Å²) in [6.07, 6.45) is 2.15. The van der Waals surface area contributed by atoms with Gasteiger partial charge in [0.1, 0.15) is 0 Å². The lowest BCUT2D eigenvalue weighted by molar-refractivity contribution is 0.533. The number of rotatable bonds is 2. The first-order valence-electron chi connectivity index (χ1n) is 6.65. The zero-order valence-corrected chi connectivity index (χ0v) is 14.2. The molecule has 5 nitrogen and oxygen atoms in total. The van der Waals surface area contributed by atoms with Gasteiger partial charge in [-0.25, -0.2) is 13.2 Å². The molecule has 2 aromatic rings. The predicted molar refractivity (Wildman–Crippen MR) is 86.6 cm³/mol. The second-order valence-electron chi connectivity index (χ2n) is 5.30. The fourth-order valence-electron chi connectivity index (χ4n) is 2.79. The molecular weight excluding hydrogens is 380 g/mol. The van der Waals surface area contributed by atoms with Crippen molar-refractivity contribution in [1.82, 2.24) is 9.97 Å². The molecule has 0 spiro atoms. The monoisotopic (exact) mass is 392 g/mol. The maximum atomic E-state index is 12.2. The van der Waals surface area contributed by atoms with Gasteiger partial charge in [0, 0.05) is 4.47 Å². The fraction of sp³-hybridized carbons (Fsp3) is 0.462. The van der Waals surface area contributed by atoms with Crippen LogP contribution in [0.3, 0.4) is 0 Å². The molecule has 114 valence electrons. The number of benzene rings is 1. The molecule has 1 aliphatic rings. The summed E-state index contributed by atoms with van der Waals surface area (Å²) < 4.78 is 25.1. The number of fused-ring (bicyclic) bond motifs is 1. The average molecular weight is 394 g/mol. The Bertz CT molecular complexity index is 843. The second kappa shape index (κ2) is 5.44. The Morgan fingerprint density at radius 2 is 1.90 bits per heavy atom. The number of nitrogens with one attached hydrogen (secondary N) is 2. The molecule has 2 unspecified atom stereocenters. The van der Waals surface area contributed by atoms with Crippen LogP contribution in [0.25, 0.3) is 11.0 Å². The molecule has 0 saturated carbocycles. The number of H-pyrrole nitrogens is 2. The van der Waals surface area contributed by atoms with E-state index < -0.39 is 20.5 Å². The van der Waals surface area contributed by atoms with Gasteiger partial charge in [-0.2, -0.15) is 0 Å². The molecule has 2 heterocycles. The first-order chi connectivity index (χ1) is 9.88. The fourth-order valence-corrected chi connectivity index (χ4v) is 6.24. The van der Waals surface area contributed by atoms with Gasteiger partial charge in [0.2, 0.25) is 0 Å². The SMILES string of the molecule is O=c1[nH]c2cc(Br)c(C(Cl)C3CCCCS3(=O)=O)cc2[nH]1. The van der Waals surface area contributed by atoms with Gasteiger partial charge in [0.15, 0.2) is 9.84 Å². The topological polar surface area (TPSA) is 82.8 Å². The molecule has 0 bridgehead atoms. The molecule has 21 heavy (non-hydrogen) atoms. The molecule has 8 heteroatoms. The van der Waals surface area contributed by atoms with Crippen molar-refractivity contribution in [2.45, 2.75) is 29.9 Å². The summed E-state index contributed by atoms with van der Waals surface area (Å²) in [7, 11) is -3.17. The number of aromatic nitrogens is 2. The Morgan fingerprint density at radius 3 is 2.57 bits per heavy atom. The van der Waals surface area contributed by atoms with Crippen molar-refractivity contribution < 1.29 is 8.42 Å². The molecule has 1 aromatic heterocycles. The number of hydrogen-bond donors (Lipinski definition) is 2. The summed E-state index contributed by atoms with van der Waals surface area (Å²) in [6, 6.07) is 3.48. The van der Waals surface area contributed by atoms with Crippen LogP contribution in [0.1, 0.15) is 30.2 Å². The summed E-state index contributed by atoms with van der Waals surface area (Å²) in [5.41, 5.74) is 1.67. The van der Waals surface area contributed by atoms with Crippen molar-refractivity contribution in [2.24, 2.45) is 0 Å². The van der Waals surface area contributed by atoms with Gasteiger partial charge < -0.3 is 9.97 Å². The van der Waals surface area contributed by atoms with E-state index >= 15 is 0 Å². The van der Waals surface area contributed by atoms with Crippen molar-refractivity contribution >= 4 is 48.4 Å². The molecule has 1 aliphatic heterocycles. The smallest absolute Gasteiger partial charge is 0.306 e. The van der Waals surface area contributed by atoms with Gasteiger partial charge in [0.25, 0.3) is 0 Å². The number of alkyl halides is 1. The van der Waals surface area contributed by atoms with Crippen LogP contribution in [0.15, 0.2) is 21.4 Å². The molecule has 1 fully saturated rings. The van der Waals surface area contributed by atoms with Crippen LogP contribution in [0, 0.1) is 0 Å². The normalized spacial score (nSPS) is 23.2. The van der Waals surface area contributed by atoms with Gasteiger partial charge in [-0.1, -0.05) is 22.4 Å². The number of hydrogen-bond acceptors (Lipinski definition) is 3. The van der Waals surface area contributed by atoms with Crippen molar-refractivity contribution in [3.05, 3.63) is 32.7 Å². The highest BCUT2D eigenvalue weighted by molar-refractivity contribution is 9.10. The van der Waals surface area contributed by atoms with E-state index in [1.54, 1.807) is 12.1 Å². The largest absolute Gasteiger partial charge is 0.323 e. The summed E-state index contributed by atoms with van der Waals surface area (Å²) in [5.74, 6) is 0.196. The van der Waals surface area contributed by atoms with Gasteiger partial charge in [0.05, 0.1) is 27.4 Å². The second-order valence-corrected chi connectivity index (χ2v) is 8.97. The summed E-state index contributed by atoms with van der Waals surface area (Å²) in [6.45, 7) is 0. The summed E-state index contributed by atoms with van der Waals surface area (Å²) in [4.78, 5) is 16.7. The lowest BCUT2D eigenvalue weighted by Crippen LogP contribution is -2.32. The molecule has 1 aromatic carbocycles. The van der Waals surface area contributed by atoms with Crippen LogP contribution in [0.2, 0.25) is 0 Å². The highest BCUT2D eigenvalue weighted by Crippen LogP contribution is 2.39. The standard InChI is InChI=1S/C13H14BrClN2O3S/c14-8-6-10-9(16-13(18)17-10)5-7(8)12(15)11-3-1-2-4-21(11,19)20/h5-6,11-12H,1-4H2,(H2,16,17,18). The van der Waals surface area contributed by atoms with Crippen LogP contribution < -0.4 is 5.69 Å². The van der Waals surface area contributed by atoms with Gasteiger partial charge in [-0.15, -0.1) is 11.6 Å². The lowest BCUT2D eigenvalue weighted by atomic mass is 10.0. The molecule has 0 aliphatic carbocycles. The first kappa shape index (κ1) is 15.1. The summed E-state index contributed by atoms with van der Waals surface area (Å²) >= 11 is 9.89. The Labute approximate surface area is 135 Å². The van der Waals surface area contributed by atoms with E-state index in [0.29, 0.717) is 33.9 Å². The van der Waals surface area contributed by atoms with Gasteiger partial charge >= 0.3 is 5.69 Å². The molecule has 0 radical (unpaired) electrons. The molecule has 3 rings (SSSR count). The predicted octanol–water partition coefficient (Wildman–Crippen LogP) is 2.87. The van der Waals surface area contributed by atoms with E-state index in [0.717, 1.165) is 6.42 Å². The Kier molecular flexibility index (Phi) is 3.92. The average Bonchev–Trinajstić information content (AvgIpc) is 2.75. The third-order valence-electron chi connectivity index (χ3n) is 3.89. The third kappa shape index (κ3) is 2.78.